The first-order valence-electron chi connectivity index (χ1n) is 3.04. The summed E-state index contributed by atoms with van der Waals surface area (Å²) in [6.07, 6.45) is 5.54. The van der Waals surface area contributed by atoms with E-state index in [4.69, 9.17) is 5.73 Å². The van der Waals surface area contributed by atoms with Crippen LogP contribution in [-0.2, 0) is 0 Å². The summed E-state index contributed by atoms with van der Waals surface area (Å²) in [6, 6.07) is 1.84. The quantitative estimate of drug-likeness (QED) is 0.566. The van der Waals surface area contributed by atoms with E-state index in [9.17, 15) is 0 Å². The molecule has 3 nitrogen and oxygen atoms in total. The van der Waals surface area contributed by atoms with Crippen LogP contribution in [0.25, 0.3) is 10.8 Å². The van der Waals surface area contributed by atoms with Gasteiger partial charge in [-0.1, -0.05) is 0 Å². The molecular formula is C7H7N3. The predicted molar refractivity (Wildman–Crippen MR) is 40.5 cm³/mol. The number of pyridine rings is 1. The molecule has 0 amide bonds. The molecule has 0 unspecified atom stereocenters. The Bertz CT molecular complexity index is 350. The van der Waals surface area contributed by atoms with Crippen molar-refractivity contribution in [1.82, 2.24) is 9.97 Å². The monoisotopic (exact) mass is 133 g/mol. The largest absolute Gasteiger partial charge is 0.384 e. The van der Waals surface area contributed by atoms with Gasteiger partial charge >= 0.3 is 0 Å². The topological polar surface area (TPSA) is 54.7 Å². The molecule has 2 aromatic rings. The van der Waals surface area contributed by atoms with Crippen LogP contribution in [-0.4, -0.2) is 9.97 Å². The van der Waals surface area contributed by atoms with Gasteiger partial charge in [-0.2, -0.15) is 0 Å². The van der Waals surface area contributed by atoms with Gasteiger partial charge in [0.05, 0.1) is 0 Å². The van der Waals surface area contributed by atoms with Crippen LogP contribution in [0.3, 0.4) is 0 Å². The molecule has 0 radical (unpaired) electrons. The number of anilines is 1. The summed E-state index contributed by atoms with van der Waals surface area (Å²) < 4.78 is 0. The molecule has 0 aliphatic heterocycles. The smallest absolute Gasteiger partial charge is 0.123 e. The molecule has 0 aliphatic rings. The standard InChI is InChI=1S/C7H7N3/c8-7-1-5-2-9-3-6(5)4-10-7/h1-4,9H,8H2. The zero-order chi connectivity index (χ0) is 6.97. The van der Waals surface area contributed by atoms with E-state index in [1.54, 1.807) is 6.20 Å². The Hall–Kier alpha value is -1.51. The maximum absolute atomic E-state index is 5.46. The van der Waals surface area contributed by atoms with Gasteiger partial charge in [-0.05, 0) is 6.07 Å². The van der Waals surface area contributed by atoms with Crippen LogP contribution in [0.4, 0.5) is 5.82 Å². The van der Waals surface area contributed by atoms with Crippen molar-refractivity contribution in [3.63, 3.8) is 0 Å². The summed E-state index contributed by atoms with van der Waals surface area (Å²) in [5, 5.41) is 2.20. The van der Waals surface area contributed by atoms with E-state index in [-0.39, 0.29) is 0 Å². The normalized spacial score (nSPS) is 10.4. The molecule has 0 aliphatic carbocycles. The van der Waals surface area contributed by atoms with E-state index < -0.39 is 0 Å². The van der Waals surface area contributed by atoms with E-state index >= 15 is 0 Å². The second kappa shape index (κ2) is 1.73. The molecule has 2 rings (SSSR count). The Morgan fingerprint density at radius 2 is 2.10 bits per heavy atom. The summed E-state index contributed by atoms with van der Waals surface area (Å²) in [5.41, 5.74) is 5.46. The van der Waals surface area contributed by atoms with E-state index in [1.807, 2.05) is 18.5 Å². The second-order valence-corrected chi connectivity index (χ2v) is 2.19. The van der Waals surface area contributed by atoms with E-state index in [0.29, 0.717) is 5.82 Å². The Morgan fingerprint density at radius 3 is 3.00 bits per heavy atom. The Balaban J connectivity index is 2.86. The maximum Gasteiger partial charge on any atom is 0.123 e. The number of nitrogen functional groups attached to an aromatic ring is 1. The number of hydrogen-bond donors (Lipinski definition) is 2. The highest BCUT2D eigenvalue weighted by atomic mass is 14.8. The van der Waals surface area contributed by atoms with Crippen molar-refractivity contribution >= 4 is 16.6 Å². The summed E-state index contributed by atoms with van der Waals surface area (Å²) >= 11 is 0. The summed E-state index contributed by atoms with van der Waals surface area (Å²) in [4.78, 5) is 6.91. The molecule has 3 heteroatoms. The lowest BCUT2D eigenvalue weighted by molar-refractivity contribution is 1.37. The second-order valence-electron chi connectivity index (χ2n) is 2.19. The number of nitrogens with zero attached hydrogens (tertiary/aromatic N) is 1. The van der Waals surface area contributed by atoms with Gasteiger partial charge < -0.3 is 10.7 Å². The minimum absolute atomic E-state index is 0.562. The van der Waals surface area contributed by atoms with Crippen molar-refractivity contribution in [2.45, 2.75) is 0 Å². The molecule has 0 saturated carbocycles. The molecule has 0 saturated heterocycles. The van der Waals surface area contributed by atoms with Crippen molar-refractivity contribution in [1.29, 1.82) is 0 Å². The van der Waals surface area contributed by atoms with Crippen LogP contribution in [0.1, 0.15) is 0 Å². The predicted octanol–water partition coefficient (Wildman–Crippen LogP) is 1.15. The van der Waals surface area contributed by atoms with Gasteiger partial charge in [0.15, 0.2) is 0 Å². The summed E-state index contributed by atoms with van der Waals surface area (Å²) in [6.45, 7) is 0. The average Bonchev–Trinajstić information content (AvgIpc) is 2.33. The lowest BCUT2D eigenvalue weighted by Crippen LogP contribution is -1.86. The number of aromatic amines is 1. The fourth-order valence-electron chi connectivity index (χ4n) is 0.965. The third-order valence-electron chi connectivity index (χ3n) is 1.47. The molecular weight excluding hydrogens is 126 g/mol. The van der Waals surface area contributed by atoms with E-state index in [1.165, 1.54) is 0 Å². The van der Waals surface area contributed by atoms with Gasteiger partial charge in [0.1, 0.15) is 5.82 Å². The van der Waals surface area contributed by atoms with Gasteiger partial charge in [-0.25, -0.2) is 4.98 Å². The van der Waals surface area contributed by atoms with Crippen molar-refractivity contribution in [3.8, 4) is 0 Å². The fourth-order valence-corrected chi connectivity index (χ4v) is 0.965. The third-order valence-corrected chi connectivity index (χ3v) is 1.47. The van der Waals surface area contributed by atoms with Gasteiger partial charge in [0, 0.05) is 29.4 Å². The zero-order valence-electron chi connectivity index (χ0n) is 5.33. The SMILES string of the molecule is Nc1cc2c[nH]cc2cn1. The van der Waals surface area contributed by atoms with Crippen LogP contribution in [0.2, 0.25) is 0 Å². The average molecular weight is 133 g/mol. The van der Waals surface area contributed by atoms with Gasteiger partial charge in [0.2, 0.25) is 0 Å². The fraction of sp³-hybridized carbons (Fsp3) is 0. The number of fused-ring (bicyclic) bond motifs is 1. The van der Waals surface area contributed by atoms with Gasteiger partial charge in [0.25, 0.3) is 0 Å². The first-order valence-corrected chi connectivity index (χ1v) is 3.04. The van der Waals surface area contributed by atoms with Crippen molar-refractivity contribution in [3.05, 3.63) is 24.7 Å². The lowest BCUT2D eigenvalue weighted by atomic mass is 10.3. The molecule has 10 heavy (non-hydrogen) atoms. The number of rotatable bonds is 0. The minimum Gasteiger partial charge on any atom is -0.384 e. The van der Waals surface area contributed by atoms with Crippen LogP contribution in [0.15, 0.2) is 24.7 Å². The maximum atomic E-state index is 5.46. The number of aromatic nitrogens is 2. The summed E-state index contributed by atoms with van der Waals surface area (Å²) in [5.74, 6) is 0.562. The molecule has 3 N–H and O–H groups in total. The first kappa shape index (κ1) is 5.29. The molecule has 0 spiro atoms. The van der Waals surface area contributed by atoms with E-state index in [0.717, 1.165) is 10.8 Å². The number of nitrogens with two attached hydrogens (primary N) is 1. The lowest BCUT2D eigenvalue weighted by Gasteiger charge is -1.89. The highest BCUT2D eigenvalue weighted by Gasteiger charge is 1.92. The van der Waals surface area contributed by atoms with Gasteiger partial charge in [-0.15, -0.1) is 0 Å². The van der Waals surface area contributed by atoms with Crippen molar-refractivity contribution in [2.75, 3.05) is 5.73 Å². The Kier molecular flexibility index (Phi) is 0.917. The molecule has 0 fully saturated rings. The number of H-pyrrole nitrogens is 1. The van der Waals surface area contributed by atoms with Gasteiger partial charge in [-0.3, -0.25) is 0 Å². The molecule has 0 bridgehead atoms. The third kappa shape index (κ3) is 0.639. The molecule has 0 aromatic carbocycles. The van der Waals surface area contributed by atoms with Crippen molar-refractivity contribution < 1.29 is 0 Å². The first-order chi connectivity index (χ1) is 4.86. The molecule has 2 heterocycles. The Labute approximate surface area is 57.9 Å². The highest BCUT2D eigenvalue weighted by molar-refractivity contribution is 5.82. The minimum atomic E-state index is 0.562. The number of nitrogens with one attached hydrogen (secondary N) is 1. The Morgan fingerprint density at radius 1 is 1.30 bits per heavy atom. The van der Waals surface area contributed by atoms with Crippen LogP contribution >= 0.6 is 0 Å². The van der Waals surface area contributed by atoms with Crippen molar-refractivity contribution in [2.24, 2.45) is 0 Å². The van der Waals surface area contributed by atoms with Crippen LogP contribution < -0.4 is 5.73 Å². The zero-order valence-corrected chi connectivity index (χ0v) is 5.33. The van der Waals surface area contributed by atoms with E-state index in [2.05, 4.69) is 9.97 Å². The highest BCUT2D eigenvalue weighted by Crippen LogP contribution is 2.12. The van der Waals surface area contributed by atoms with Crippen LogP contribution in [0, 0.1) is 0 Å². The molecule has 50 valence electrons. The molecule has 0 atom stereocenters. The number of hydrogen-bond acceptors (Lipinski definition) is 2. The van der Waals surface area contributed by atoms with Crippen LogP contribution in [0.5, 0.6) is 0 Å². The summed E-state index contributed by atoms with van der Waals surface area (Å²) in [7, 11) is 0. The molecule has 2 aromatic heterocycles.